The fourth-order valence-electron chi connectivity index (χ4n) is 2.84. The first kappa shape index (κ1) is 18.3. The number of methoxy groups -OCH3 is 2. The number of amidine groups is 1. The number of ether oxygens (including phenoxy) is 2. The van der Waals surface area contributed by atoms with Gasteiger partial charge >= 0.3 is 0 Å². The predicted molar refractivity (Wildman–Crippen MR) is 101 cm³/mol. The van der Waals surface area contributed by atoms with Crippen LogP contribution in [0.3, 0.4) is 0 Å². The fourth-order valence-corrected chi connectivity index (χ4v) is 3.80. The van der Waals surface area contributed by atoms with Gasteiger partial charge in [-0.2, -0.15) is 4.99 Å². The van der Waals surface area contributed by atoms with Crippen molar-refractivity contribution in [1.29, 1.82) is 0 Å². The number of carbonyl (C=O) groups excluding carboxylic acids is 2. The summed E-state index contributed by atoms with van der Waals surface area (Å²) in [7, 11) is 3.16. The molecule has 0 unspecified atom stereocenters. The Morgan fingerprint density at radius 3 is 2.46 bits per heavy atom. The molecule has 2 heterocycles. The normalized spacial score (nSPS) is 19.0. The van der Waals surface area contributed by atoms with Crippen LogP contribution in [0.15, 0.2) is 28.1 Å². The number of carbonyl (C=O) groups is 2. The minimum atomic E-state index is -0.242. The van der Waals surface area contributed by atoms with Crippen LogP contribution in [0.25, 0.3) is 6.08 Å². The van der Waals surface area contributed by atoms with Crippen molar-refractivity contribution in [3.63, 3.8) is 0 Å². The summed E-state index contributed by atoms with van der Waals surface area (Å²) in [5.41, 5.74) is 0.844. The van der Waals surface area contributed by atoms with Crippen LogP contribution in [-0.2, 0) is 9.59 Å². The Labute approximate surface area is 156 Å². The number of hydrogen-bond acceptors (Lipinski definition) is 6. The van der Waals surface area contributed by atoms with E-state index in [1.165, 1.54) is 11.8 Å². The maximum absolute atomic E-state index is 12.3. The van der Waals surface area contributed by atoms with E-state index in [0.717, 1.165) is 5.56 Å². The zero-order chi connectivity index (χ0) is 18.7. The van der Waals surface area contributed by atoms with Gasteiger partial charge in [-0.15, -0.1) is 0 Å². The van der Waals surface area contributed by atoms with Crippen molar-refractivity contribution in [2.24, 2.45) is 4.99 Å². The van der Waals surface area contributed by atoms with E-state index in [1.54, 1.807) is 38.2 Å². The Kier molecular flexibility index (Phi) is 5.51. The summed E-state index contributed by atoms with van der Waals surface area (Å²) in [5, 5.41) is 0.699. The van der Waals surface area contributed by atoms with Gasteiger partial charge in [-0.25, -0.2) is 0 Å². The van der Waals surface area contributed by atoms with Crippen LogP contribution in [0.5, 0.6) is 11.5 Å². The van der Waals surface area contributed by atoms with Crippen molar-refractivity contribution in [3.05, 3.63) is 28.7 Å². The summed E-state index contributed by atoms with van der Waals surface area (Å²) in [4.78, 5) is 32.3. The average Bonchev–Trinajstić information content (AvgIpc) is 3.02. The van der Waals surface area contributed by atoms with Crippen LogP contribution in [0.2, 0.25) is 0 Å². The molecule has 8 heteroatoms. The molecule has 0 N–H and O–H groups in total. The minimum Gasteiger partial charge on any atom is -0.493 e. The third-order valence-corrected chi connectivity index (χ3v) is 5.35. The third kappa shape index (κ3) is 3.85. The fraction of sp³-hybridized carbons (Fsp3) is 0.389. The maximum Gasteiger partial charge on any atom is 0.286 e. The lowest BCUT2D eigenvalue weighted by Crippen LogP contribution is -2.49. The summed E-state index contributed by atoms with van der Waals surface area (Å²) in [6, 6.07) is 5.49. The van der Waals surface area contributed by atoms with Crippen molar-refractivity contribution >= 4 is 34.8 Å². The number of amides is 2. The molecule has 138 valence electrons. The molecule has 1 fully saturated rings. The highest BCUT2D eigenvalue weighted by Crippen LogP contribution is 2.33. The SMILES string of the molecule is COc1ccc(C=C2SC(N3CCN(C(C)=O)CC3)=NC2=O)cc1OC. The number of piperazine rings is 1. The summed E-state index contributed by atoms with van der Waals surface area (Å²) < 4.78 is 10.5. The van der Waals surface area contributed by atoms with Crippen LogP contribution in [0, 0.1) is 0 Å². The van der Waals surface area contributed by atoms with E-state index in [-0.39, 0.29) is 11.8 Å². The zero-order valence-electron chi connectivity index (χ0n) is 15.0. The topological polar surface area (TPSA) is 71.4 Å². The largest absolute Gasteiger partial charge is 0.493 e. The number of aliphatic imine (C=N–C) groups is 1. The lowest BCUT2D eigenvalue weighted by atomic mass is 10.2. The highest BCUT2D eigenvalue weighted by atomic mass is 32.2. The lowest BCUT2D eigenvalue weighted by molar-refractivity contribution is -0.130. The first-order valence-electron chi connectivity index (χ1n) is 8.27. The highest BCUT2D eigenvalue weighted by Gasteiger charge is 2.29. The smallest absolute Gasteiger partial charge is 0.286 e. The molecule has 2 aliphatic rings. The van der Waals surface area contributed by atoms with Crippen LogP contribution < -0.4 is 9.47 Å². The van der Waals surface area contributed by atoms with Crippen molar-refractivity contribution < 1.29 is 19.1 Å². The van der Waals surface area contributed by atoms with E-state index < -0.39 is 0 Å². The molecule has 0 aliphatic carbocycles. The van der Waals surface area contributed by atoms with Crippen molar-refractivity contribution in [3.8, 4) is 11.5 Å². The molecule has 1 aromatic rings. The van der Waals surface area contributed by atoms with Crippen LogP contribution in [0.1, 0.15) is 12.5 Å². The lowest BCUT2D eigenvalue weighted by Gasteiger charge is -2.34. The molecule has 3 rings (SSSR count). The number of nitrogens with zero attached hydrogens (tertiary/aromatic N) is 3. The molecule has 0 saturated carbocycles. The van der Waals surface area contributed by atoms with Gasteiger partial charge in [-0.05, 0) is 35.5 Å². The molecule has 7 nitrogen and oxygen atoms in total. The number of benzene rings is 1. The van der Waals surface area contributed by atoms with Gasteiger partial charge in [0.15, 0.2) is 16.7 Å². The second kappa shape index (κ2) is 7.82. The summed E-state index contributed by atoms with van der Waals surface area (Å²) in [6.45, 7) is 4.24. The van der Waals surface area contributed by atoms with Gasteiger partial charge in [0.1, 0.15) is 0 Å². The summed E-state index contributed by atoms with van der Waals surface area (Å²) in [6.07, 6.45) is 1.80. The van der Waals surface area contributed by atoms with Crippen LogP contribution >= 0.6 is 11.8 Å². The maximum atomic E-state index is 12.3. The third-order valence-electron chi connectivity index (χ3n) is 4.31. The molecule has 0 radical (unpaired) electrons. The minimum absolute atomic E-state index is 0.0794. The standard InChI is InChI=1S/C18H21N3O4S/c1-12(22)20-6-8-21(9-7-20)18-19-17(23)16(26-18)11-13-4-5-14(24-2)15(10-13)25-3/h4-5,10-11H,6-9H2,1-3H3. The molecule has 26 heavy (non-hydrogen) atoms. The van der Waals surface area contributed by atoms with E-state index in [1.807, 2.05) is 12.1 Å². The molecule has 2 amide bonds. The van der Waals surface area contributed by atoms with E-state index in [9.17, 15) is 9.59 Å². The Hall–Kier alpha value is -2.48. The molecular formula is C18H21N3O4S. The Morgan fingerprint density at radius 1 is 1.15 bits per heavy atom. The van der Waals surface area contributed by atoms with E-state index in [0.29, 0.717) is 47.8 Å². The van der Waals surface area contributed by atoms with E-state index >= 15 is 0 Å². The molecule has 1 saturated heterocycles. The molecule has 2 aliphatic heterocycles. The Bertz CT molecular complexity index is 783. The van der Waals surface area contributed by atoms with Crippen molar-refractivity contribution in [1.82, 2.24) is 9.80 Å². The van der Waals surface area contributed by atoms with Gasteiger partial charge in [0.2, 0.25) is 5.91 Å². The number of thioether (sulfide) groups is 1. The molecule has 1 aromatic carbocycles. The summed E-state index contributed by atoms with van der Waals surface area (Å²) >= 11 is 1.37. The van der Waals surface area contributed by atoms with Gasteiger partial charge in [0.25, 0.3) is 5.91 Å². The average molecular weight is 375 g/mol. The highest BCUT2D eigenvalue weighted by molar-refractivity contribution is 8.18. The van der Waals surface area contributed by atoms with Gasteiger partial charge < -0.3 is 19.3 Å². The monoisotopic (exact) mass is 375 g/mol. The molecular weight excluding hydrogens is 354 g/mol. The second-order valence-corrected chi connectivity index (χ2v) is 6.93. The first-order chi connectivity index (χ1) is 12.5. The van der Waals surface area contributed by atoms with Gasteiger partial charge in [-0.3, -0.25) is 9.59 Å². The van der Waals surface area contributed by atoms with Gasteiger partial charge in [-0.1, -0.05) is 6.07 Å². The zero-order valence-corrected chi connectivity index (χ0v) is 15.8. The van der Waals surface area contributed by atoms with E-state index in [2.05, 4.69) is 9.89 Å². The number of hydrogen-bond donors (Lipinski definition) is 0. The molecule has 0 spiro atoms. The summed E-state index contributed by atoms with van der Waals surface area (Å²) in [5.74, 6) is 1.09. The van der Waals surface area contributed by atoms with Crippen LogP contribution in [-0.4, -0.2) is 67.2 Å². The van der Waals surface area contributed by atoms with Gasteiger partial charge in [0, 0.05) is 33.1 Å². The molecule has 0 aromatic heterocycles. The van der Waals surface area contributed by atoms with Crippen molar-refractivity contribution in [2.75, 3.05) is 40.4 Å². The molecule has 0 atom stereocenters. The van der Waals surface area contributed by atoms with Gasteiger partial charge in [0.05, 0.1) is 19.1 Å². The first-order valence-corrected chi connectivity index (χ1v) is 9.08. The quantitative estimate of drug-likeness (QED) is 0.751. The second-order valence-electron chi connectivity index (χ2n) is 5.92. The van der Waals surface area contributed by atoms with Crippen molar-refractivity contribution in [2.45, 2.75) is 6.92 Å². The van der Waals surface area contributed by atoms with Crippen LogP contribution in [0.4, 0.5) is 0 Å². The predicted octanol–water partition coefficient (Wildman–Crippen LogP) is 1.84. The number of rotatable bonds is 3. The Balaban J connectivity index is 1.70. The molecule has 0 bridgehead atoms. The van der Waals surface area contributed by atoms with E-state index in [4.69, 9.17) is 9.47 Å². The Morgan fingerprint density at radius 2 is 1.85 bits per heavy atom.